The van der Waals surface area contributed by atoms with Gasteiger partial charge in [0.05, 0.1) is 0 Å². The zero-order chi connectivity index (χ0) is 9.84. The second kappa shape index (κ2) is 4.17. The van der Waals surface area contributed by atoms with Crippen LogP contribution >= 0.6 is 0 Å². The van der Waals surface area contributed by atoms with Crippen LogP contribution in [0.15, 0.2) is 12.1 Å². The van der Waals surface area contributed by atoms with Crippen molar-refractivity contribution in [3.63, 3.8) is 0 Å². The molecule has 0 saturated heterocycles. The molecule has 0 aromatic heterocycles. The summed E-state index contributed by atoms with van der Waals surface area (Å²) >= 11 is 0. The van der Waals surface area contributed by atoms with Gasteiger partial charge in [0.2, 0.25) is 0 Å². The summed E-state index contributed by atoms with van der Waals surface area (Å²) in [5.74, 6) is 0.428. The molecule has 0 aliphatic heterocycles. The van der Waals surface area contributed by atoms with E-state index in [0.29, 0.717) is 5.56 Å². The van der Waals surface area contributed by atoms with Crippen molar-refractivity contribution in [3.05, 3.63) is 23.3 Å². The Morgan fingerprint density at radius 2 is 1.69 bits per heavy atom. The highest BCUT2D eigenvalue weighted by Gasteiger charge is 2.07. The van der Waals surface area contributed by atoms with Gasteiger partial charge in [-0.3, -0.25) is 0 Å². The van der Waals surface area contributed by atoms with Crippen LogP contribution in [0.25, 0.3) is 0 Å². The maximum atomic E-state index is 9.54. The van der Waals surface area contributed by atoms with Crippen LogP contribution in [0.5, 0.6) is 11.5 Å². The van der Waals surface area contributed by atoms with Gasteiger partial charge in [0.25, 0.3) is 0 Å². The zero-order valence-electron chi connectivity index (χ0n) is 8.17. The van der Waals surface area contributed by atoms with Crippen LogP contribution in [0.4, 0.5) is 0 Å². The molecule has 1 rings (SSSR count). The number of unbranched alkanes of at least 4 members (excludes halogenated alkanes) is 1. The molecule has 0 heterocycles. The van der Waals surface area contributed by atoms with E-state index in [0.717, 1.165) is 24.8 Å². The Balaban J connectivity index is 2.92. The molecule has 0 fully saturated rings. The molecule has 0 spiro atoms. The molecule has 0 bridgehead atoms. The lowest BCUT2D eigenvalue weighted by atomic mass is 10.0. The predicted molar refractivity (Wildman–Crippen MR) is 53.1 cm³/mol. The highest BCUT2D eigenvalue weighted by molar-refractivity contribution is 5.46. The lowest BCUT2D eigenvalue weighted by Crippen LogP contribution is -1.88. The molecule has 0 atom stereocenters. The van der Waals surface area contributed by atoms with Crippen molar-refractivity contribution in [2.45, 2.75) is 33.1 Å². The molecular formula is C11H16O2. The van der Waals surface area contributed by atoms with Gasteiger partial charge >= 0.3 is 0 Å². The molecule has 0 unspecified atom stereocenters. The van der Waals surface area contributed by atoms with Crippen molar-refractivity contribution in [2.75, 3.05) is 0 Å². The summed E-state index contributed by atoms with van der Waals surface area (Å²) in [6, 6.07) is 3.37. The minimum absolute atomic E-state index is 0.214. The van der Waals surface area contributed by atoms with Gasteiger partial charge in [-0.05, 0) is 37.5 Å². The second-order valence-corrected chi connectivity index (χ2v) is 3.39. The Labute approximate surface area is 78.8 Å². The molecule has 0 aliphatic carbocycles. The number of hydrogen-bond donors (Lipinski definition) is 2. The Morgan fingerprint density at radius 3 is 2.15 bits per heavy atom. The molecule has 0 saturated carbocycles. The standard InChI is InChI=1S/C11H16O2/c1-3-4-5-9-10(12)6-8(2)7-11(9)13/h6-7,12-13H,3-5H2,1-2H3. The summed E-state index contributed by atoms with van der Waals surface area (Å²) in [6.45, 7) is 3.94. The first-order valence-electron chi connectivity index (χ1n) is 4.66. The van der Waals surface area contributed by atoms with Gasteiger partial charge < -0.3 is 10.2 Å². The van der Waals surface area contributed by atoms with E-state index >= 15 is 0 Å². The molecule has 0 aliphatic rings. The zero-order valence-corrected chi connectivity index (χ0v) is 8.17. The van der Waals surface area contributed by atoms with E-state index in [1.54, 1.807) is 12.1 Å². The molecule has 2 heteroatoms. The van der Waals surface area contributed by atoms with E-state index in [-0.39, 0.29) is 11.5 Å². The van der Waals surface area contributed by atoms with Crippen molar-refractivity contribution < 1.29 is 10.2 Å². The monoisotopic (exact) mass is 180 g/mol. The minimum Gasteiger partial charge on any atom is -0.508 e. The van der Waals surface area contributed by atoms with Crippen molar-refractivity contribution >= 4 is 0 Å². The number of benzene rings is 1. The van der Waals surface area contributed by atoms with E-state index < -0.39 is 0 Å². The van der Waals surface area contributed by atoms with E-state index in [1.807, 2.05) is 6.92 Å². The van der Waals surface area contributed by atoms with Gasteiger partial charge in [-0.2, -0.15) is 0 Å². The first-order valence-corrected chi connectivity index (χ1v) is 4.66. The van der Waals surface area contributed by atoms with Crippen LogP contribution in [0.1, 0.15) is 30.9 Å². The van der Waals surface area contributed by atoms with Crippen molar-refractivity contribution in [3.8, 4) is 11.5 Å². The van der Waals surface area contributed by atoms with Gasteiger partial charge in [0.1, 0.15) is 11.5 Å². The third kappa shape index (κ3) is 2.38. The van der Waals surface area contributed by atoms with Gasteiger partial charge in [-0.15, -0.1) is 0 Å². The van der Waals surface area contributed by atoms with Crippen molar-refractivity contribution in [1.29, 1.82) is 0 Å². The Kier molecular flexibility index (Phi) is 3.18. The molecule has 2 nitrogen and oxygen atoms in total. The van der Waals surface area contributed by atoms with Crippen LogP contribution < -0.4 is 0 Å². The lowest BCUT2D eigenvalue weighted by Gasteiger charge is -2.07. The van der Waals surface area contributed by atoms with Gasteiger partial charge in [-0.1, -0.05) is 13.3 Å². The normalized spacial score (nSPS) is 10.3. The topological polar surface area (TPSA) is 40.5 Å². The Bertz CT molecular complexity index is 269. The average Bonchev–Trinajstić information content (AvgIpc) is 2.02. The number of aromatic hydroxyl groups is 2. The van der Waals surface area contributed by atoms with E-state index in [1.165, 1.54) is 0 Å². The van der Waals surface area contributed by atoms with Gasteiger partial charge in [0, 0.05) is 5.56 Å². The number of phenolic OH excluding ortho intramolecular Hbond substituents is 2. The molecular weight excluding hydrogens is 164 g/mol. The molecule has 13 heavy (non-hydrogen) atoms. The minimum atomic E-state index is 0.214. The number of hydrogen-bond acceptors (Lipinski definition) is 2. The van der Waals surface area contributed by atoms with Crippen LogP contribution in [-0.4, -0.2) is 10.2 Å². The summed E-state index contributed by atoms with van der Waals surface area (Å²) < 4.78 is 0. The molecule has 72 valence electrons. The molecule has 2 N–H and O–H groups in total. The van der Waals surface area contributed by atoms with Crippen molar-refractivity contribution in [2.24, 2.45) is 0 Å². The molecule has 0 amide bonds. The quantitative estimate of drug-likeness (QED) is 0.750. The fourth-order valence-electron chi connectivity index (χ4n) is 1.39. The second-order valence-electron chi connectivity index (χ2n) is 3.39. The molecule has 1 aromatic rings. The van der Waals surface area contributed by atoms with E-state index in [2.05, 4.69) is 6.92 Å². The first kappa shape index (κ1) is 9.90. The maximum Gasteiger partial charge on any atom is 0.122 e. The number of phenols is 2. The highest BCUT2D eigenvalue weighted by atomic mass is 16.3. The summed E-state index contributed by atoms with van der Waals surface area (Å²) in [6.07, 6.45) is 2.80. The third-order valence-electron chi connectivity index (χ3n) is 2.13. The maximum absolute atomic E-state index is 9.54. The lowest BCUT2D eigenvalue weighted by molar-refractivity contribution is 0.436. The fraction of sp³-hybridized carbons (Fsp3) is 0.455. The van der Waals surface area contributed by atoms with Crippen LogP contribution in [-0.2, 0) is 6.42 Å². The largest absolute Gasteiger partial charge is 0.508 e. The van der Waals surface area contributed by atoms with Gasteiger partial charge in [0.15, 0.2) is 0 Å². The Hall–Kier alpha value is -1.18. The summed E-state index contributed by atoms with van der Waals surface area (Å²) in [7, 11) is 0. The summed E-state index contributed by atoms with van der Waals surface area (Å²) in [5, 5.41) is 19.1. The summed E-state index contributed by atoms with van der Waals surface area (Å²) in [5.41, 5.74) is 1.56. The van der Waals surface area contributed by atoms with Crippen LogP contribution in [0.2, 0.25) is 0 Å². The van der Waals surface area contributed by atoms with E-state index in [4.69, 9.17) is 0 Å². The van der Waals surface area contributed by atoms with Crippen LogP contribution in [0.3, 0.4) is 0 Å². The predicted octanol–water partition coefficient (Wildman–Crippen LogP) is 2.75. The third-order valence-corrected chi connectivity index (χ3v) is 2.13. The Morgan fingerprint density at radius 1 is 1.15 bits per heavy atom. The number of aryl methyl sites for hydroxylation is 1. The number of rotatable bonds is 3. The van der Waals surface area contributed by atoms with E-state index in [9.17, 15) is 10.2 Å². The molecule has 1 aromatic carbocycles. The first-order chi connectivity index (χ1) is 6.15. The average molecular weight is 180 g/mol. The van der Waals surface area contributed by atoms with Gasteiger partial charge in [-0.25, -0.2) is 0 Å². The van der Waals surface area contributed by atoms with Crippen LogP contribution in [0, 0.1) is 6.92 Å². The van der Waals surface area contributed by atoms with Crippen molar-refractivity contribution in [1.82, 2.24) is 0 Å². The highest BCUT2D eigenvalue weighted by Crippen LogP contribution is 2.29. The fourth-order valence-corrected chi connectivity index (χ4v) is 1.39. The summed E-state index contributed by atoms with van der Waals surface area (Å²) in [4.78, 5) is 0. The SMILES string of the molecule is CCCCc1c(O)cc(C)cc1O. The smallest absolute Gasteiger partial charge is 0.122 e. The molecule has 0 radical (unpaired) electrons.